The highest BCUT2D eigenvalue weighted by atomic mass is 32.2. The van der Waals surface area contributed by atoms with Crippen LogP contribution in [-0.2, 0) is 32.3 Å². The van der Waals surface area contributed by atoms with Crippen LogP contribution in [0.25, 0.3) is 6.08 Å². The lowest BCUT2D eigenvalue weighted by molar-refractivity contribution is -0.111. The van der Waals surface area contributed by atoms with E-state index in [-0.39, 0.29) is 28.3 Å². The smallest absolute Gasteiger partial charge is 0.249 e. The Morgan fingerprint density at radius 1 is 1.09 bits per heavy atom. The van der Waals surface area contributed by atoms with Crippen molar-refractivity contribution in [3.05, 3.63) is 71.8 Å². The Bertz CT molecular complexity index is 1260. The average molecular weight is 485 g/mol. The van der Waals surface area contributed by atoms with Crippen LogP contribution >= 0.6 is 0 Å². The Kier molecular flexibility index (Phi) is 7.18. The first kappa shape index (κ1) is 25.5. The fourth-order valence-corrected chi connectivity index (χ4v) is 4.10. The van der Waals surface area contributed by atoms with E-state index in [0.29, 0.717) is 17.1 Å². The number of sulfonamides is 1. The van der Waals surface area contributed by atoms with Gasteiger partial charge in [0.25, 0.3) is 0 Å². The maximum Gasteiger partial charge on any atom is 0.249 e. The number of aromatic nitrogens is 2. The summed E-state index contributed by atoms with van der Waals surface area (Å²) in [7, 11) is -3.68. The van der Waals surface area contributed by atoms with Gasteiger partial charge in [-0.05, 0) is 56.7 Å². The molecule has 2 heterocycles. The fourth-order valence-electron chi connectivity index (χ4n) is 3.11. The van der Waals surface area contributed by atoms with Gasteiger partial charge in [-0.25, -0.2) is 17.8 Å². The first-order chi connectivity index (χ1) is 15.8. The summed E-state index contributed by atoms with van der Waals surface area (Å²) in [5.41, 5.74) is 1.13. The van der Waals surface area contributed by atoms with Gasteiger partial charge in [-0.1, -0.05) is 32.9 Å². The predicted molar refractivity (Wildman–Crippen MR) is 133 cm³/mol. The monoisotopic (exact) mass is 484 g/mol. The Morgan fingerprint density at radius 3 is 2.32 bits per heavy atom. The van der Waals surface area contributed by atoms with Gasteiger partial charge < -0.3 is 9.73 Å². The molecule has 2 aromatic heterocycles. The molecule has 3 rings (SSSR count). The summed E-state index contributed by atoms with van der Waals surface area (Å²) < 4.78 is 34.4. The fraction of sp³-hybridized carbons (Fsp3) is 0.360. The van der Waals surface area contributed by atoms with E-state index in [4.69, 9.17) is 9.52 Å². The van der Waals surface area contributed by atoms with Gasteiger partial charge in [0.15, 0.2) is 0 Å². The highest BCUT2D eigenvalue weighted by molar-refractivity contribution is 7.89. The third-order valence-corrected chi connectivity index (χ3v) is 6.42. The van der Waals surface area contributed by atoms with Crippen LogP contribution in [0, 0.1) is 0 Å². The van der Waals surface area contributed by atoms with Gasteiger partial charge in [-0.2, -0.15) is 5.10 Å². The number of benzene rings is 1. The quantitative estimate of drug-likeness (QED) is 0.475. The van der Waals surface area contributed by atoms with Crippen LogP contribution in [0.2, 0.25) is 0 Å². The van der Waals surface area contributed by atoms with Crippen molar-refractivity contribution in [3.8, 4) is 0 Å². The first-order valence-electron chi connectivity index (χ1n) is 11.0. The lowest BCUT2D eigenvalue weighted by atomic mass is 9.92. The number of carbonyl (C=O) groups is 1. The van der Waals surface area contributed by atoms with Crippen molar-refractivity contribution in [2.75, 3.05) is 5.32 Å². The van der Waals surface area contributed by atoms with Crippen molar-refractivity contribution in [2.24, 2.45) is 0 Å². The molecule has 0 unspecified atom stereocenters. The van der Waals surface area contributed by atoms with Crippen molar-refractivity contribution in [3.63, 3.8) is 0 Å². The Labute approximate surface area is 201 Å². The molecule has 0 bridgehead atoms. The molecular formula is C25H32N4O4S. The summed E-state index contributed by atoms with van der Waals surface area (Å²) in [5.74, 6) is 0.843. The molecule has 1 amide bonds. The molecule has 0 aliphatic heterocycles. The summed E-state index contributed by atoms with van der Waals surface area (Å²) in [4.78, 5) is 12.7. The molecule has 0 saturated carbocycles. The maximum absolute atomic E-state index is 12.6. The zero-order valence-electron chi connectivity index (χ0n) is 20.4. The van der Waals surface area contributed by atoms with Crippen LogP contribution in [0.15, 0.2) is 64.1 Å². The number of anilines is 1. The second kappa shape index (κ2) is 9.60. The summed E-state index contributed by atoms with van der Waals surface area (Å²) in [6.07, 6.45) is 4.53. The average Bonchev–Trinajstić information content (AvgIpc) is 3.40. The second-order valence-electron chi connectivity index (χ2n) is 10.0. The molecule has 8 nitrogen and oxygen atoms in total. The van der Waals surface area contributed by atoms with Gasteiger partial charge in [0.05, 0.1) is 28.9 Å². The van der Waals surface area contributed by atoms with E-state index >= 15 is 0 Å². The van der Waals surface area contributed by atoms with Crippen LogP contribution in [0.1, 0.15) is 58.6 Å². The van der Waals surface area contributed by atoms with Crippen molar-refractivity contribution in [2.45, 2.75) is 63.9 Å². The van der Waals surface area contributed by atoms with Crippen LogP contribution in [0.4, 0.5) is 5.82 Å². The Balaban J connectivity index is 1.68. The minimum atomic E-state index is -3.68. The molecule has 3 aromatic rings. The number of carbonyl (C=O) groups excluding carboxylic acids is 1. The zero-order valence-corrected chi connectivity index (χ0v) is 21.2. The SMILES string of the molecule is CC(C)(C)c1cc(NC(=O)/C=C/c2ccc(S(=O)(=O)NCc3ccco3)cc2)n(C(C)(C)C)n1. The third kappa shape index (κ3) is 6.45. The normalized spacial score (nSPS) is 12.9. The van der Waals surface area contributed by atoms with Crippen LogP contribution in [0.5, 0.6) is 0 Å². The third-order valence-electron chi connectivity index (χ3n) is 5.00. The Hall–Kier alpha value is -3.17. The van der Waals surface area contributed by atoms with Gasteiger partial charge in [0.2, 0.25) is 15.9 Å². The van der Waals surface area contributed by atoms with Gasteiger partial charge in [0, 0.05) is 17.6 Å². The van der Waals surface area contributed by atoms with E-state index in [2.05, 4.69) is 30.8 Å². The topological polar surface area (TPSA) is 106 Å². The first-order valence-corrected chi connectivity index (χ1v) is 12.5. The van der Waals surface area contributed by atoms with Gasteiger partial charge >= 0.3 is 0 Å². The number of hydrogen-bond acceptors (Lipinski definition) is 5. The standard InChI is InChI=1S/C25H32N4O4S/c1-24(2,3)21-16-22(29(28-21)25(4,5)6)27-23(30)14-11-18-9-12-20(13-10-18)34(31,32)26-17-19-8-7-15-33-19/h7-16,26H,17H2,1-6H3,(H,27,30)/b14-11+. The minimum Gasteiger partial charge on any atom is -0.468 e. The minimum absolute atomic E-state index is 0.0687. The molecule has 0 radical (unpaired) electrons. The second-order valence-corrected chi connectivity index (χ2v) is 11.8. The summed E-state index contributed by atoms with van der Waals surface area (Å²) in [6, 6.07) is 11.6. The van der Waals surface area contributed by atoms with E-state index in [1.165, 1.54) is 24.5 Å². The van der Waals surface area contributed by atoms with Crippen molar-refractivity contribution in [1.82, 2.24) is 14.5 Å². The number of hydrogen-bond donors (Lipinski definition) is 2. The van der Waals surface area contributed by atoms with Crippen molar-refractivity contribution >= 4 is 27.8 Å². The number of nitrogens with one attached hydrogen (secondary N) is 2. The molecular weight excluding hydrogens is 452 g/mol. The van der Waals surface area contributed by atoms with Crippen molar-refractivity contribution in [1.29, 1.82) is 0 Å². The van der Waals surface area contributed by atoms with E-state index in [9.17, 15) is 13.2 Å². The molecule has 0 aliphatic rings. The number of rotatable bonds is 7. The lowest BCUT2D eigenvalue weighted by Crippen LogP contribution is -2.27. The summed E-state index contributed by atoms with van der Waals surface area (Å²) in [5, 5.41) is 7.60. The maximum atomic E-state index is 12.6. The number of amides is 1. The number of nitrogens with zero attached hydrogens (tertiary/aromatic N) is 2. The van der Waals surface area contributed by atoms with E-state index in [0.717, 1.165) is 5.69 Å². The molecule has 2 N–H and O–H groups in total. The van der Waals surface area contributed by atoms with E-state index < -0.39 is 10.0 Å². The van der Waals surface area contributed by atoms with Crippen LogP contribution in [-0.4, -0.2) is 24.1 Å². The Morgan fingerprint density at radius 2 is 1.76 bits per heavy atom. The summed E-state index contributed by atoms with van der Waals surface area (Å²) >= 11 is 0. The molecule has 9 heteroatoms. The van der Waals surface area contributed by atoms with Crippen LogP contribution in [0.3, 0.4) is 0 Å². The lowest BCUT2D eigenvalue weighted by Gasteiger charge is -2.22. The molecule has 0 saturated heterocycles. The summed E-state index contributed by atoms with van der Waals surface area (Å²) in [6.45, 7) is 12.4. The molecule has 0 atom stereocenters. The molecule has 1 aromatic carbocycles. The molecule has 0 fully saturated rings. The predicted octanol–water partition coefficient (Wildman–Crippen LogP) is 4.66. The molecule has 182 valence electrons. The molecule has 0 aliphatic carbocycles. The van der Waals surface area contributed by atoms with Gasteiger partial charge in [-0.15, -0.1) is 0 Å². The van der Waals surface area contributed by atoms with Crippen LogP contribution < -0.4 is 10.0 Å². The van der Waals surface area contributed by atoms with Gasteiger partial charge in [-0.3, -0.25) is 4.79 Å². The highest BCUT2D eigenvalue weighted by Gasteiger charge is 2.25. The zero-order chi connectivity index (χ0) is 25.1. The van der Waals surface area contributed by atoms with E-state index in [1.807, 2.05) is 31.5 Å². The number of furan rings is 1. The molecule has 34 heavy (non-hydrogen) atoms. The highest BCUT2D eigenvalue weighted by Crippen LogP contribution is 2.28. The molecule has 0 spiro atoms. The van der Waals surface area contributed by atoms with E-state index in [1.54, 1.807) is 30.3 Å². The van der Waals surface area contributed by atoms with Crippen molar-refractivity contribution < 1.29 is 17.6 Å². The largest absolute Gasteiger partial charge is 0.468 e. The van der Waals surface area contributed by atoms with Gasteiger partial charge in [0.1, 0.15) is 11.6 Å².